The standard InChI is InChI=1S/C15H14FNO5S/c1-21-15(18)10-22-11-6-8-12(9-7-11)23(19,20)17-14-5-3-2-4-13(14)16/h2-9,17H,10H2,1H3. The molecule has 0 saturated carbocycles. The average Bonchev–Trinajstić information content (AvgIpc) is 2.55. The Bertz CT molecular complexity index is 790. The Morgan fingerprint density at radius 2 is 1.78 bits per heavy atom. The lowest BCUT2D eigenvalue weighted by molar-refractivity contribution is -0.142. The van der Waals surface area contributed by atoms with Crippen molar-refractivity contribution in [2.75, 3.05) is 18.4 Å². The minimum atomic E-state index is -3.93. The summed E-state index contributed by atoms with van der Waals surface area (Å²) < 4.78 is 49.6. The van der Waals surface area contributed by atoms with E-state index in [1.807, 2.05) is 0 Å². The van der Waals surface area contributed by atoms with Gasteiger partial charge in [-0.3, -0.25) is 4.72 Å². The SMILES string of the molecule is COC(=O)COc1ccc(S(=O)(=O)Nc2ccccc2F)cc1. The lowest BCUT2D eigenvalue weighted by atomic mass is 10.3. The van der Waals surface area contributed by atoms with Crippen LogP contribution in [0.5, 0.6) is 5.75 Å². The predicted octanol–water partition coefficient (Wildman–Crippen LogP) is 2.18. The molecule has 0 spiro atoms. The van der Waals surface area contributed by atoms with E-state index in [0.29, 0.717) is 5.75 Å². The predicted molar refractivity (Wildman–Crippen MR) is 81.2 cm³/mol. The fraction of sp³-hybridized carbons (Fsp3) is 0.133. The fourth-order valence-electron chi connectivity index (χ4n) is 1.66. The number of methoxy groups -OCH3 is 1. The van der Waals surface area contributed by atoms with Gasteiger partial charge < -0.3 is 9.47 Å². The van der Waals surface area contributed by atoms with Gasteiger partial charge in [0.2, 0.25) is 0 Å². The maximum Gasteiger partial charge on any atom is 0.343 e. The maximum atomic E-state index is 13.5. The zero-order valence-corrected chi connectivity index (χ0v) is 13.0. The molecular weight excluding hydrogens is 325 g/mol. The van der Waals surface area contributed by atoms with Crippen molar-refractivity contribution in [3.63, 3.8) is 0 Å². The quantitative estimate of drug-likeness (QED) is 0.816. The lowest BCUT2D eigenvalue weighted by Gasteiger charge is -2.10. The number of carbonyl (C=O) groups is 1. The summed E-state index contributed by atoms with van der Waals surface area (Å²) in [5, 5.41) is 0. The Balaban J connectivity index is 2.11. The van der Waals surface area contributed by atoms with E-state index in [4.69, 9.17) is 4.74 Å². The Labute approximate surface area is 132 Å². The van der Waals surface area contributed by atoms with Gasteiger partial charge in [0.05, 0.1) is 17.7 Å². The third kappa shape index (κ3) is 4.43. The monoisotopic (exact) mass is 339 g/mol. The number of hydrogen-bond donors (Lipinski definition) is 1. The molecule has 0 amide bonds. The normalized spacial score (nSPS) is 10.9. The van der Waals surface area contributed by atoms with Gasteiger partial charge in [0.25, 0.3) is 10.0 Å². The minimum absolute atomic E-state index is 0.0637. The highest BCUT2D eigenvalue weighted by atomic mass is 32.2. The molecule has 122 valence electrons. The van der Waals surface area contributed by atoms with Gasteiger partial charge in [-0.05, 0) is 36.4 Å². The van der Waals surface area contributed by atoms with Crippen LogP contribution >= 0.6 is 0 Å². The number of sulfonamides is 1. The summed E-state index contributed by atoms with van der Waals surface area (Å²) in [5.41, 5.74) is -0.140. The summed E-state index contributed by atoms with van der Waals surface area (Å²) in [7, 11) is -2.69. The molecule has 0 aliphatic heterocycles. The number of nitrogens with one attached hydrogen (secondary N) is 1. The molecule has 0 atom stereocenters. The molecule has 0 heterocycles. The number of anilines is 1. The molecule has 6 nitrogen and oxygen atoms in total. The van der Waals surface area contributed by atoms with Crippen molar-refractivity contribution in [3.05, 3.63) is 54.3 Å². The number of halogens is 1. The highest BCUT2D eigenvalue weighted by molar-refractivity contribution is 7.92. The molecule has 0 bridgehead atoms. The first-order chi connectivity index (χ1) is 10.9. The molecule has 0 aliphatic carbocycles. The van der Waals surface area contributed by atoms with Crippen LogP contribution in [-0.4, -0.2) is 28.1 Å². The second kappa shape index (κ2) is 7.10. The number of rotatable bonds is 6. The number of esters is 1. The molecule has 2 aromatic rings. The molecule has 0 radical (unpaired) electrons. The summed E-state index contributed by atoms with van der Waals surface area (Å²) in [6.07, 6.45) is 0. The van der Waals surface area contributed by atoms with Crippen LogP contribution in [0.3, 0.4) is 0 Å². The van der Waals surface area contributed by atoms with Gasteiger partial charge in [-0.1, -0.05) is 12.1 Å². The fourth-order valence-corrected chi connectivity index (χ4v) is 2.73. The van der Waals surface area contributed by atoms with Crippen LogP contribution in [0.2, 0.25) is 0 Å². The summed E-state index contributed by atoms with van der Waals surface area (Å²) in [5.74, 6) is -0.919. The molecule has 0 fully saturated rings. The summed E-state index contributed by atoms with van der Waals surface area (Å²) >= 11 is 0. The molecule has 0 unspecified atom stereocenters. The Morgan fingerprint density at radius 1 is 1.13 bits per heavy atom. The molecule has 0 saturated heterocycles. The molecular formula is C15H14FNO5S. The summed E-state index contributed by atoms with van der Waals surface area (Å²) in [4.78, 5) is 10.9. The topological polar surface area (TPSA) is 81.7 Å². The van der Waals surface area contributed by atoms with Crippen molar-refractivity contribution in [1.82, 2.24) is 0 Å². The highest BCUT2D eigenvalue weighted by Crippen LogP contribution is 2.21. The third-order valence-electron chi connectivity index (χ3n) is 2.84. The zero-order chi connectivity index (χ0) is 16.9. The lowest BCUT2D eigenvalue weighted by Crippen LogP contribution is -2.14. The van der Waals surface area contributed by atoms with Gasteiger partial charge in [-0.2, -0.15) is 0 Å². The van der Waals surface area contributed by atoms with E-state index >= 15 is 0 Å². The molecule has 2 rings (SSSR count). The number of benzene rings is 2. The molecule has 23 heavy (non-hydrogen) atoms. The largest absolute Gasteiger partial charge is 0.482 e. The van der Waals surface area contributed by atoms with Crippen LogP contribution in [0.25, 0.3) is 0 Å². The first-order valence-electron chi connectivity index (χ1n) is 6.49. The van der Waals surface area contributed by atoms with E-state index in [1.54, 1.807) is 0 Å². The number of ether oxygens (including phenoxy) is 2. The van der Waals surface area contributed by atoms with Crippen LogP contribution in [-0.2, 0) is 19.6 Å². The third-order valence-corrected chi connectivity index (χ3v) is 4.22. The van der Waals surface area contributed by atoms with Gasteiger partial charge in [0, 0.05) is 0 Å². The van der Waals surface area contributed by atoms with Crippen molar-refractivity contribution < 1.29 is 27.1 Å². The Hall–Kier alpha value is -2.61. The molecule has 2 aromatic carbocycles. The zero-order valence-electron chi connectivity index (χ0n) is 12.2. The first-order valence-corrected chi connectivity index (χ1v) is 7.98. The number of para-hydroxylation sites is 1. The summed E-state index contributed by atoms with van der Waals surface area (Å²) in [6.45, 7) is -0.282. The average molecular weight is 339 g/mol. The van der Waals surface area contributed by atoms with Gasteiger partial charge in [0.15, 0.2) is 6.61 Å². The van der Waals surface area contributed by atoms with Crippen molar-refractivity contribution in [2.45, 2.75) is 4.90 Å². The van der Waals surface area contributed by atoms with Crippen LogP contribution in [0, 0.1) is 5.82 Å². The van der Waals surface area contributed by atoms with Crippen LogP contribution in [0.15, 0.2) is 53.4 Å². The minimum Gasteiger partial charge on any atom is -0.482 e. The number of carbonyl (C=O) groups excluding carboxylic acids is 1. The number of hydrogen-bond acceptors (Lipinski definition) is 5. The van der Waals surface area contributed by atoms with E-state index in [0.717, 1.165) is 6.07 Å². The second-order valence-corrected chi connectivity index (χ2v) is 6.10. The van der Waals surface area contributed by atoms with Crippen LogP contribution < -0.4 is 9.46 Å². The van der Waals surface area contributed by atoms with Gasteiger partial charge in [0.1, 0.15) is 11.6 Å². The van der Waals surface area contributed by atoms with E-state index in [1.165, 1.54) is 49.6 Å². The van der Waals surface area contributed by atoms with E-state index in [2.05, 4.69) is 9.46 Å². The molecule has 0 aliphatic rings. The first kappa shape index (κ1) is 16.8. The van der Waals surface area contributed by atoms with Gasteiger partial charge in [-0.15, -0.1) is 0 Å². The Kier molecular flexibility index (Phi) is 5.17. The van der Waals surface area contributed by atoms with Crippen molar-refractivity contribution in [3.8, 4) is 5.75 Å². The Morgan fingerprint density at radius 3 is 2.39 bits per heavy atom. The van der Waals surface area contributed by atoms with E-state index in [9.17, 15) is 17.6 Å². The van der Waals surface area contributed by atoms with Gasteiger partial charge in [-0.25, -0.2) is 17.6 Å². The highest BCUT2D eigenvalue weighted by Gasteiger charge is 2.16. The second-order valence-electron chi connectivity index (χ2n) is 4.42. The molecule has 8 heteroatoms. The van der Waals surface area contributed by atoms with E-state index < -0.39 is 21.8 Å². The van der Waals surface area contributed by atoms with Crippen LogP contribution in [0.4, 0.5) is 10.1 Å². The summed E-state index contributed by atoms with van der Waals surface area (Å²) in [6, 6.07) is 10.8. The van der Waals surface area contributed by atoms with Crippen molar-refractivity contribution in [2.24, 2.45) is 0 Å². The molecule has 1 N–H and O–H groups in total. The van der Waals surface area contributed by atoms with Gasteiger partial charge >= 0.3 is 5.97 Å². The van der Waals surface area contributed by atoms with Crippen molar-refractivity contribution >= 4 is 21.7 Å². The smallest absolute Gasteiger partial charge is 0.343 e. The van der Waals surface area contributed by atoms with E-state index in [-0.39, 0.29) is 17.2 Å². The molecule has 0 aromatic heterocycles. The van der Waals surface area contributed by atoms with Crippen LogP contribution in [0.1, 0.15) is 0 Å². The maximum absolute atomic E-state index is 13.5. The van der Waals surface area contributed by atoms with Crippen molar-refractivity contribution in [1.29, 1.82) is 0 Å².